The molecule has 3 saturated carbocycles. The van der Waals surface area contributed by atoms with Crippen molar-refractivity contribution >= 4 is 39.1 Å². The Kier molecular flexibility index (Phi) is 6.49. The molecule has 36 heavy (non-hydrogen) atoms. The first kappa shape index (κ1) is 24.9. The van der Waals surface area contributed by atoms with E-state index in [9.17, 15) is 9.50 Å². The molecule has 1 heterocycles. The highest BCUT2D eigenvalue weighted by Crippen LogP contribution is 2.59. The van der Waals surface area contributed by atoms with Gasteiger partial charge in [-0.3, -0.25) is 0 Å². The summed E-state index contributed by atoms with van der Waals surface area (Å²) in [4.78, 5) is 0. The van der Waals surface area contributed by atoms with Crippen LogP contribution in [0.3, 0.4) is 0 Å². The maximum Gasteiger partial charge on any atom is 0.145 e. The standard InChI is InChI=1S/C28H27BrCl2FNO3/c1-14-9-16-10-18(12-21(14)28(16,34)20-8-7-17(29)11-24(20)32)35-13-19-26(33-36-27(19)15-5-6-15)25-22(30)3-2-4-23(25)31/h2-4,7-8,11,14-16,18,21,34H,5-6,9-10,12-13H2,1H3/t14-,16+,18+,21+,28+/m0/s1. The third-order valence-electron chi connectivity index (χ3n) is 8.39. The molecule has 0 spiro atoms. The number of fused-ring (bicyclic) bond motifs is 2. The molecule has 6 rings (SSSR count). The Hall–Kier alpha value is -1.44. The highest BCUT2D eigenvalue weighted by Gasteiger charge is 2.58. The number of nitrogens with zero attached hydrogens (tertiary/aromatic N) is 1. The number of halogens is 4. The van der Waals surface area contributed by atoms with Crippen LogP contribution in [-0.2, 0) is 16.9 Å². The largest absolute Gasteiger partial charge is 0.384 e. The van der Waals surface area contributed by atoms with Gasteiger partial charge in [-0.15, -0.1) is 0 Å². The van der Waals surface area contributed by atoms with Gasteiger partial charge in [-0.2, -0.15) is 0 Å². The van der Waals surface area contributed by atoms with E-state index in [0.717, 1.165) is 30.6 Å². The molecule has 8 heteroatoms. The SMILES string of the molecule is C[C@H]1C[C@@H]2C[C@@H](OCc3c(-c4c(Cl)cccc4Cl)noc3C3CC3)C[C@H]1[C@]2(O)c1ccc(Br)cc1F. The summed E-state index contributed by atoms with van der Waals surface area (Å²) in [6.07, 6.45) is 4.25. The molecular weight excluding hydrogens is 568 g/mol. The molecule has 0 amide bonds. The second-order valence-corrected chi connectivity index (χ2v) is 12.3. The van der Waals surface area contributed by atoms with E-state index in [-0.39, 0.29) is 29.7 Å². The predicted molar refractivity (Wildman–Crippen MR) is 141 cm³/mol. The van der Waals surface area contributed by atoms with Gasteiger partial charge >= 0.3 is 0 Å². The summed E-state index contributed by atoms with van der Waals surface area (Å²) in [6.45, 7) is 2.48. The van der Waals surface area contributed by atoms with E-state index in [1.54, 1.807) is 30.3 Å². The van der Waals surface area contributed by atoms with E-state index >= 15 is 0 Å². The van der Waals surface area contributed by atoms with Crippen molar-refractivity contribution in [3.05, 3.63) is 73.6 Å². The first-order chi connectivity index (χ1) is 17.3. The molecular formula is C28H27BrCl2FNO3. The molecule has 3 aliphatic carbocycles. The van der Waals surface area contributed by atoms with Crippen molar-refractivity contribution in [1.29, 1.82) is 0 Å². The Bertz CT molecular complexity index is 1290. The molecule has 3 aliphatic rings. The Morgan fingerprint density at radius 2 is 1.92 bits per heavy atom. The van der Waals surface area contributed by atoms with Crippen molar-refractivity contribution in [1.82, 2.24) is 5.16 Å². The van der Waals surface area contributed by atoms with Crippen molar-refractivity contribution in [2.75, 3.05) is 0 Å². The van der Waals surface area contributed by atoms with Crippen LogP contribution in [0.25, 0.3) is 11.3 Å². The summed E-state index contributed by atoms with van der Waals surface area (Å²) in [6, 6.07) is 10.3. The van der Waals surface area contributed by atoms with Gasteiger partial charge < -0.3 is 14.4 Å². The van der Waals surface area contributed by atoms with E-state index < -0.39 is 5.60 Å². The highest BCUT2D eigenvalue weighted by atomic mass is 79.9. The van der Waals surface area contributed by atoms with Gasteiger partial charge in [0.2, 0.25) is 0 Å². The van der Waals surface area contributed by atoms with Crippen molar-refractivity contribution in [3.8, 4) is 11.3 Å². The van der Waals surface area contributed by atoms with E-state index in [4.69, 9.17) is 32.5 Å². The number of hydrogen-bond donors (Lipinski definition) is 1. The molecule has 2 aromatic carbocycles. The third kappa shape index (κ3) is 4.14. The maximum absolute atomic E-state index is 14.9. The maximum atomic E-state index is 14.9. The van der Waals surface area contributed by atoms with Gasteiger partial charge in [0, 0.05) is 27.1 Å². The normalized spacial score (nSPS) is 29.6. The van der Waals surface area contributed by atoms with Crippen LogP contribution in [-0.4, -0.2) is 16.4 Å². The minimum Gasteiger partial charge on any atom is -0.384 e. The van der Waals surface area contributed by atoms with Gasteiger partial charge in [-0.1, -0.05) is 63.3 Å². The topological polar surface area (TPSA) is 55.5 Å². The van der Waals surface area contributed by atoms with Gasteiger partial charge in [0.15, 0.2) is 0 Å². The average molecular weight is 595 g/mol. The Morgan fingerprint density at radius 3 is 2.58 bits per heavy atom. The van der Waals surface area contributed by atoms with Crippen LogP contribution in [0.2, 0.25) is 10.0 Å². The summed E-state index contributed by atoms with van der Waals surface area (Å²) in [7, 11) is 0. The first-order valence-electron chi connectivity index (χ1n) is 12.5. The zero-order chi connectivity index (χ0) is 25.2. The number of aliphatic hydroxyl groups is 1. The number of ether oxygens (including phenoxy) is 1. The lowest BCUT2D eigenvalue weighted by Crippen LogP contribution is -2.45. The molecule has 0 aliphatic heterocycles. The fraction of sp³-hybridized carbons (Fsp3) is 0.464. The molecule has 1 aromatic heterocycles. The van der Waals surface area contributed by atoms with Crippen LogP contribution in [0.1, 0.15) is 61.8 Å². The number of aromatic nitrogens is 1. The lowest BCUT2D eigenvalue weighted by molar-refractivity contribution is -0.121. The van der Waals surface area contributed by atoms with Crippen molar-refractivity contribution < 1.29 is 18.8 Å². The number of rotatable bonds is 6. The molecule has 5 atom stereocenters. The second kappa shape index (κ2) is 9.39. The monoisotopic (exact) mass is 593 g/mol. The smallest absolute Gasteiger partial charge is 0.145 e. The molecule has 3 aromatic rings. The third-order valence-corrected chi connectivity index (χ3v) is 9.51. The van der Waals surface area contributed by atoms with Crippen molar-refractivity contribution in [2.24, 2.45) is 17.8 Å². The lowest BCUT2D eigenvalue weighted by atomic mass is 9.68. The molecule has 0 radical (unpaired) electrons. The average Bonchev–Trinajstić information content (AvgIpc) is 3.57. The second-order valence-electron chi connectivity index (χ2n) is 10.6. The van der Waals surface area contributed by atoms with E-state index in [0.29, 0.717) is 56.7 Å². The van der Waals surface area contributed by atoms with Crippen molar-refractivity contribution in [2.45, 2.75) is 63.3 Å². The van der Waals surface area contributed by atoms with E-state index in [1.165, 1.54) is 6.07 Å². The number of hydrogen-bond acceptors (Lipinski definition) is 4. The summed E-state index contributed by atoms with van der Waals surface area (Å²) in [5.74, 6) is 0.942. The van der Waals surface area contributed by atoms with Crippen LogP contribution in [0, 0.1) is 23.6 Å². The summed E-state index contributed by atoms with van der Waals surface area (Å²) >= 11 is 16.3. The van der Waals surface area contributed by atoms with E-state index in [1.807, 2.05) is 0 Å². The van der Waals surface area contributed by atoms with Gasteiger partial charge in [0.1, 0.15) is 17.3 Å². The van der Waals surface area contributed by atoms with Gasteiger partial charge in [0.25, 0.3) is 0 Å². The summed E-state index contributed by atoms with van der Waals surface area (Å²) < 4.78 is 27.9. The minimum atomic E-state index is -1.18. The zero-order valence-corrected chi connectivity index (χ0v) is 22.9. The fourth-order valence-corrected chi connectivity index (χ4v) is 7.44. The molecule has 0 unspecified atom stereocenters. The molecule has 190 valence electrons. The van der Waals surface area contributed by atoms with Gasteiger partial charge in [-0.05, 0) is 74.1 Å². The summed E-state index contributed by atoms with van der Waals surface area (Å²) in [5.41, 5.74) is 1.40. The molecule has 2 bridgehead atoms. The lowest BCUT2D eigenvalue weighted by Gasteiger charge is -2.43. The van der Waals surface area contributed by atoms with Crippen LogP contribution >= 0.6 is 39.1 Å². The molecule has 0 saturated heterocycles. The van der Waals surface area contributed by atoms with Crippen LogP contribution in [0.5, 0.6) is 0 Å². The quantitative estimate of drug-likeness (QED) is 0.312. The predicted octanol–water partition coefficient (Wildman–Crippen LogP) is 8.27. The van der Waals surface area contributed by atoms with Gasteiger partial charge in [0.05, 0.1) is 28.4 Å². The zero-order valence-electron chi connectivity index (χ0n) is 19.8. The fourth-order valence-electron chi connectivity index (χ4n) is 6.53. The minimum absolute atomic E-state index is 0.0553. The van der Waals surface area contributed by atoms with Crippen LogP contribution in [0.15, 0.2) is 45.4 Å². The Labute approximate surface area is 228 Å². The molecule has 1 N–H and O–H groups in total. The van der Waals surface area contributed by atoms with Gasteiger partial charge in [-0.25, -0.2) is 4.39 Å². The first-order valence-corrected chi connectivity index (χ1v) is 14.0. The van der Waals surface area contributed by atoms with Crippen LogP contribution in [0.4, 0.5) is 4.39 Å². The van der Waals surface area contributed by atoms with Crippen LogP contribution < -0.4 is 0 Å². The molecule has 3 fully saturated rings. The van der Waals surface area contributed by atoms with Crippen molar-refractivity contribution in [3.63, 3.8) is 0 Å². The summed E-state index contributed by atoms with van der Waals surface area (Å²) in [5, 5.41) is 17.3. The Balaban J connectivity index is 1.26. The highest BCUT2D eigenvalue weighted by molar-refractivity contribution is 9.10. The Morgan fingerprint density at radius 1 is 1.17 bits per heavy atom. The molecule has 4 nitrogen and oxygen atoms in total. The number of benzene rings is 2. The van der Waals surface area contributed by atoms with E-state index in [2.05, 4.69) is 28.0 Å².